The summed E-state index contributed by atoms with van der Waals surface area (Å²) in [5, 5.41) is 0. The first-order valence-electron chi connectivity index (χ1n) is 8.35. The minimum absolute atomic E-state index is 0. The minimum atomic E-state index is -5.36. The van der Waals surface area contributed by atoms with Gasteiger partial charge < -0.3 is 61.6 Å². The van der Waals surface area contributed by atoms with Crippen LogP contribution in [0.25, 0.3) is 0 Å². The van der Waals surface area contributed by atoms with Crippen molar-refractivity contribution in [3.63, 3.8) is 0 Å². The number of aryl methyl sites for hydroxylation is 2. The molecule has 4 atom stereocenters. The smallest absolute Gasteiger partial charge is 0.756 e. The third-order valence-electron chi connectivity index (χ3n) is 2.94. The molecule has 0 saturated carbocycles. The Morgan fingerprint density at radius 1 is 0.595 bits per heavy atom. The van der Waals surface area contributed by atoms with Gasteiger partial charge in [-0.05, 0) is 26.0 Å². The van der Waals surface area contributed by atoms with Crippen LogP contribution >= 0.6 is 31.3 Å². The molecule has 0 aromatic heterocycles. The van der Waals surface area contributed by atoms with Gasteiger partial charge in [-0.3, -0.25) is 18.3 Å². The summed E-state index contributed by atoms with van der Waals surface area (Å²) >= 11 is 0. The van der Waals surface area contributed by atoms with E-state index in [0.29, 0.717) is 0 Å². The quantitative estimate of drug-likeness (QED) is 0.133. The molecule has 0 aliphatic rings. The molecule has 2 aromatic rings. The van der Waals surface area contributed by atoms with Crippen LogP contribution in [0.15, 0.2) is 48.5 Å². The average Bonchev–Trinajstić information content (AvgIpc) is 2.55. The third-order valence-corrected chi connectivity index (χ3v) is 6.24. The molecule has 37 heavy (non-hydrogen) atoms. The van der Waals surface area contributed by atoms with E-state index in [1.54, 1.807) is 0 Å². The van der Waals surface area contributed by atoms with Gasteiger partial charge in [0.1, 0.15) is 11.4 Å². The zero-order valence-corrected chi connectivity index (χ0v) is 23.8. The number of phosphoric acid groups is 4. The van der Waals surface area contributed by atoms with E-state index in [-0.39, 0.29) is 27.7 Å². The summed E-state index contributed by atoms with van der Waals surface area (Å²) in [5.74, 6) is 0. The van der Waals surface area contributed by atoms with Gasteiger partial charge in [0.25, 0.3) is 31.3 Å². The SMILES string of the molecule is Cc1ccccc1[NH3+].Cc1ccccc1[NH3+].O=P([O-])(O)OP(=O)([O-])O.O=P([O-])(O)OP(=O)([O-])O.[Co+2].[OH3+].[OH3+]. The molecular weight excluding hydrogens is 635 g/mol. The maximum Gasteiger partial charge on any atom is 2.00 e. The van der Waals surface area contributed by atoms with Gasteiger partial charge in [-0.1, -0.05) is 36.4 Å². The molecule has 0 aliphatic heterocycles. The van der Waals surface area contributed by atoms with Crippen LogP contribution in [-0.4, -0.2) is 19.6 Å². The first kappa shape index (κ1) is 46.2. The predicted molar refractivity (Wildman–Crippen MR) is 119 cm³/mol. The molecule has 0 fully saturated rings. The fourth-order valence-corrected chi connectivity index (χ4v) is 3.57. The molecular formula is C14H30CoN2O16P4+2. The van der Waals surface area contributed by atoms with E-state index in [9.17, 15) is 37.8 Å². The monoisotopic (exact) mass is 665 g/mol. The first-order valence-corrected chi connectivity index (χ1v) is 14.3. The molecule has 0 amide bonds. The second-order valence-electron chi connectivity index (χ2n) is 5.89. The average molecular weight is 665 g/mol. The summed E-state index contributed by atoms with van der Waals surface area (Å²) in [6, 6.07) is 16.2. The van der Waals surface area contributed by atoms with Crippen molar-refractivity contribution in [3.05, 3.63) is 59.7 Å². The van der Waals surface area contributed by atoms with Gasteiger partial charge in [0.05, 0.1) is 0 Å². The fourth-order valence-electron chi connectivity index (χ4n) is 1.48. The van der Waals surface area contributed by atoms with Crippen molar-refractivity contribution in [2.75, 3.05) is 0 Å². The van der Waals surface area contributed by atoms with Gasteiger partial charge in [-0.15, -0.1) is 0 Å². The van der Waals surface area contributed by atoms with Gasteiger partial charge >= 0.3 is 16.8 Å². The van der Waals surface area contributed by atoms with Crippen LogP contribution in [-0.2, 0) is 54.6 Å². The molecule has 4 unspecified atom stereocenters. The van der Waals surface area contributed by atoms with Crippen molar-refractivity contribution in [1.29, 1.82) is 0 Å². The van der Waals surface area contributed by atoms with Crippen LogP contribution in [0, 0.1) is 13.8 Å². The molecule has 0 heterocycles. The van der Waals surface area contributed by atoms with E-state index in [0.717, 1.165) is 11.4 Å². The van der Waals surface area contributed by atoms with Crippen molar-refractivity contribution >= 4 is 42.7 Å². The normalized spacial score (nSPS) is 15.9. The van der Waals surface area contributed by atoms with Crippen molar-refractivity contribution in [3.8, 4) is 0 Å². The van der Waals surface area contributed by atoms with Gasteiger partial charge in [-0.25, -0.2) is 8.62 Å². The van der Waals surface area contributed by atoms with E-state index in [1.165, 1.54) is 11.1 Å². The van der Waals surface area contributed by atoms with Crippen LogP contribution in [0.5, 0.6) is 0 Å². The Kier molecular flexibility index (Phi) is 25.3. The largest absolute Gasteiger partial charge is 2.00 e. The van der Waals surface area contributed by atoms with E-state index in [1.807, 2.05) is 36.4 Å². The van der Waals surface area contributed by atoms with Gasteiger partial charge in [0.2, 0.25) is 0 Å². The van der Waals surface area contributed by atoms with E-state index in [2.05, 4.69) is 46.1 Å². The first-order chi connectivity index (χ1) is 15.0. The number of hydrogen-bond donors (Lipinski definition) is 6. The zero-order chi connectivity index (χ0) is 27.4. The molecule has 219 valence electrons. The summed E-state index contributed by atoms with van der Waals surface area (Å²) in [4.78, 5) is 68.3. The maximum atomic E-state index is 9.48. The summed E-state index contributed by atoms with van der Waals surface area (Å²) in [7, 11) is -21.5. The zero-order valence-electron chi connectivity index (χ0n) is 19.2. The van der Waals surface area contributed by atoms with Crippen LogP contribution in [0.1, 0.15) is 11.1 Å². The Hall–Kier alpha value is -0.694. The molecule has 0 spiro atoms. The third kappa shape index (κ3) is 35.3. The van der Waals surface area contributed by atoms with E-state index >= 15 is 0 Å². The Balaban J connectivity index is -0.000000120. The van der Waals surface area contributed by atoms with Crippen LogP contribution in [0.4, 0.5) is 11.4 Å². The van der Waals surface area contributed by atoms with Crippen molar-refractivity contribution in [2.24, 2.45) is 0 Å². The standard InChI is InChI=1S/2C7H9N.Co.2H4O7P2.2H2O/c2*1-6-4-2-3-5-7(6)8;;2*1-8(2,3)7-9(4,5)6;;/h2*2-5H,8H2,1H3;;2*(H2,1,2,3)(H2,4,5,6);2*1H2/q;;+2;;;;. The molecule has 0 aliphatic carbocycles. The van der Waals surface area contributed by atoms with E-state index in [4.69, 9.17) is 19.6 Å². The minimum Gasteiger partial charge on any atom is -0.756 e. The molecule has 1 radical (unpaired) electrons. The molecule has 23 heteroatoms. The predicted octanol–water partition coefficient (Wildman–Crippen LogP) is -4.26. The number of hydrogen-bond acceptors (Lipinski definition) is 10. The number of benzene rings is 2. The molecule has 2 rings (SSSR count). The van der Waals surface area contributed by atoms with Crippen LogP contribution < -0.4 is 31.0 Å². The van der Waals surface area contributed by atoms with Crippen LogP contribution in [0.3, 0.4) is 0 Å². The molecule has 18 nitrogen and oxygen atoms in total. The molecule has 0 bridgehead atoms. The Labute approximate surface area is 221 Å². The van der Waals surface area contributed by atoms with Crippen molar-refractivity contribution in [1.82, 2.24) is 0 Å². The summed E-state index contributed by atoms with van der Waals surface area (Å²) < 4.78 is 43.4. The van der Waals surface area contributed by atoms with Gasteiger partial charge in [0, 0.05) is 11.1 Å². The maximum absolute atomic E-state index is 9.48. The van der Waals surface area contributed by atoms with Gasteiger partial charge in [0.15, 0.2) is 0 Å². The Morgan fingerprint density at radius 2 is 0.784 bits per heavy atom. The topological polar surface area (TPSA) is 381 Å². The van der Waals surface area contributed by atoms with Crippen molar-refractivity contribution in [2.45, 2.75) is 13.8 Å². The second-order valence-corrected chi connectivity index (χ2v) is 10.9. The van der Waals surface area contributed by atoms with Crippen molar-refractivity contribution < 1.29 is 105 Å². The number of quaternary nitrogens is 2. The second kappa shape index (κ2) is 20.2. The molecule has 16 N–H and O–H groups in total. The summed E-state index contributed by atoms with van der Waals surface area (Å²) in [5.41, 5.74) is 12.4. The Bertz CT molecular complexity index is 915. The Morgan fingerprint density at radius 3 is 0.865 bits per heavy atom. The molecule has 2 aromatic carbocycles. The van der Waals surface area contributed by atoms with E-state index < -0.39 is 31.3 Å². The molecule has 0 saturated heterocycles. The number of rotatable bonds is 4. The summed E-state index contributed by atoms with van der Waals surface area (Å²) in [6.07, 6.45) is 0. The van der Waals surface area contributed by atoms with Gasteiger partial charge in [-0.2, -0.15) is 0 Å². The fraction of sp³-hybridized carbons (Fsp3) is 0.143. The summed E-state index contributed by atoms with van der Waals surface area (Å²) in [6.45, 7) is 4.12. The van der Waals surface area contributed by atoms with Crippen LogP contribution in [0.2, 0.25) is 0 Å².